The molecular formula is C24H21ClN2O. The van der Waals surface area contributed by atoms with Crippen molar-refractivity contribution in [2.75, 3.05) is 0 Å². The van der Waals surface area contributed by atoms with Gasteiger partial charge in [0.15, 0.2) is 0 Å². The standard InChI is InChI=1S/C24H21ClN2O/c1-16-6-5-9-20-22(18-10-12-19(25)13-11-18)21(14-26)24(28)27(23(16)20)15-17-7-3-2-4-8-17/h2-4,7-8,10-13,16H,5-6,9,15H2,1H3. The molecule has 1 atom stereocenters. The Hall–Kier alpha value is -2.83. The first-order chi connectivity index (χ1) is 13.6. The summed E-state index contributed by atoms with van der Waals surface area (Å²) in [6, 6.07) is 19.6. The fourth-order valence-electron chi connectivity index (χ4n) is 4.29. The van der Waals surface area contributed by atoms with Crippen molar-refractivity contribution in [2.45, 2.75) is 38.6 Å². The first-order valence-corrected chi connectivity index (χ1v) is 9.97. The molecule has 1 aromatic heterocycles. The van der Waals surface area contributed by atoms with Crippen molar-refractivity contribution < 1.29 is 0 Å². The van der Waals surface area contributed by atoms with Crippen LogP contribution < -0.4 is 5.56 Å². The predicted molar refractivity (Wildman–Crippen MR) is 113 cm³/mol. The molecule has 4 heteroatoms. The highest BCUT2D eigenvalue weighted by Gasteiger charge is 2.28. The second kappa shape index (κ2) is 7.66. The number of nitriles is 1. The molecule has 0 N–H and O–H groups in total. The van der Waals surface area contributed by atoms with E-state index >= 15 is 0 Å². The fourth-order valence-corrected chi connectivity index (χ4v) is 4.42. The van der Waals surface area contributed by atoms with Crippen molar-refractivity contribution >= 4 is 11.6 Å². The number of halogens is 1. The topological polar surface area (TPSA) is 45.8 Å². The smallest absolute Gasteiger partial charge is 0.269 e. The molecule has 140 valence electrons. The van der Waals surface area contributed by atoms with Gasteiger partial charge in [-0.1, -0.05) is 61.0 Å². The molecular weight excluding hydrogens is 368 g/mol. The molecule has 3 nitrogen and oxygen atoms in total. The molecule has 0 amide bonds. The lowest BCUT2D eigenvalue weighted by atomic mass is 9.81. The van der Waals surface area contributed by atoms with Crippen molar-refractivity contribution in [1.29, 1.82) is 5.26 Å². The van der Waals surface area contributed by atoms with Crippen LogP contribution in [-0.2, 0) is 13.0 Å². The summed E-state index contributed by atoms with van der Waals surface area (Å²) in [5.74, 6) is 0.277. The summed E-state index contributed by atoms with van der Waals surface area (Å²) in [5.41, 5.74) is 4.96. The highest BCUT2D eigenvalue weighted by molar-refractivity contribution is 6.30. The average Bonchev–Trinajstić information content (AvgIpc) is 2.71. The Morgan fingerprint density at radius 3 is 2.54 bits per heavy atom. The minimum absolute atomic E-state index is 0.205. The van der Waals surface area contributed by atoms with Crippen LogP contribution >= 0.6 is 11.6 Å². The number of nitrogens with zero attached hydrogens (tertiary/aromatic N) is 2. The van der Waals surface area contributed by atoms with Gasteiger partial charge >= 0.3 is 0 Å². The molecule has 0 radical (unpaired) electrons. The second-order valence-electron chi connectivity index (χ2n) is 7.40. The van der Waals surface area contributed by atoms with Crippen LogP contribution in [0.2, 0.25) is 5.02 Å². The van der Waals surface area contributed by atoms with Gasteiger partial charge in [0.2, 0.25) is 0 Å². The van der Waals surface area contributed by atoms with E-state index in [4.69, 9.17) is 11.6 Å². The van der Waals surface area contributed by atoms with Crippen LogP contribution in [0.15, 0.2) is 59.4 Å². The summed E-state index contributed by atoms with van der Waals surface area (Å²) in [6.45, 7) is 2.67. The van der Waals surface area contributed by atoms with Crippen molar-refractivity contribution in [3.8, 4) is 17.2 Å². The molecule has 0 fully saturated rings. The van der Waals surface area contributed by atoms with E-state index in [-0.39, 0.29) is 17.0 Å². The Bertz CT molecular complexity index is 1110. The highest BCUT2D eigenvalue weighted by atomic mass is 35.5. The number of rotatable bonds is 3. The quantitative estimate of drug-likeness (QED) is 0.592. The Kier molecular flexibility index (Phi) is 5.07. The number of aromatic nitrogens is 1. The van der Waals surface area contributed by atoms with Gasteiger partial charge in [0.05, 0.1) is 6.54 Å². The summed E-state index contributed by atoms with van der Waals surface area (Å²) in [7, 11) is 0. The highest BCUT2D eigenvalue weighted by Crippen LogP contribution is 2.38. The monoisotopic (exact) mass is 388 g/mol. The number of benzene rings is 2. The summed E-state index contributed by atoms with van der Waals surface area (Å²) in [4.78, 5) is 13.4. The largest absolute Gasteiger partial charge is 0.307 e. The molecule has 1 unspecified atom stereocenters. The molecule has 4 rings (SSSR count). The zero-order valence-electron chi connectivity index (χ0n) is 15.8. The Balaban J connectivity index is 2.01. The Labute approximate surface area is 169 Å². The second-order valence-corrected chi connectivity index (χ2v) is 7.84. The average molecular weight is 389 g/mol. The molecule has 0 saturated carbocycles. The zero-order valence-corrected chi connectivity index (χ0v) is 16.5. The van der Waals surface area contributed by atoms with Crippen LogP contribution in [0.4, 0.5) is 0 Å². The number of hydrogen-bond donors (Lipinski definition) is 0. The van der Waals surface area contributed by atoms with Crippen LogP contribution in [0.1, 0.15) is 48.1 Å². The molecule has 1 aliphatic rings. The maximum atomic E-state index is 13.4. The van der Waals surface area contributed by atoms with Gasteiger partial charge in [0.25, 0.3) is 5.56 Å². The Morgan fingerprint density at radius 1 is 1.14 bits per heavy atom. The van der Waals surface area contributed by atoms with E-state index in [1.54, 1.807) is 0 Å². The molecule has 0 aliphatic heterocycles. The van der Waals surface area contributed by atoms with Crippen LogP contribution in [-0.4, -0.2) is 4.57 Å². The van der Waals surface area contributed by atoms with E-state index in [2.05, 4.69) is 13.0 Å². The first kappa shape index (κ1) is 18.5. The van der Waals surface area contributed by atoms with Crippen LogP contribution in [0, 0.1) is 11.3 Å². The van der Waals surface area contributed by atoms with E-state index in [9.17, 15) is 10.1 Å². The van der Waals surface area contributed by atoms with E-state index in [1.165, 1.54) is 0 Å². The van der Waals surface area contributed by atoms with E-state index in [0.29, 0.717) is 11.6 Å². The van der Waals surface area contributed by atoms with Crippen molar-refractivity contribution in [1.82, 2.24) is 4.57 Å². The Morgan fingerprint density at radius 2 is 1.86 bits per heavy atom. The maximum absolute atomic E-state index is 13.4. The van der Waals surface area contributed by atoms with Gasteiger partial charge in [-0.3, -0.25) is 4.79 Å². The van der Waals surface area contributed by atoms with E-state index < -0.39 is 0 Å². The van der Waals surface area contributed by atoms with E-state index in [1.807, 2.05) is 59.2 Å². The van der Waals surface area contributed by atoms with Gasteiger partial charge in [-0.2, -0.15) is 5.26 Å². The van der Waals surface area contributed by atoms with Crippen molar-refractivity contribution in [3.63, 3.8) is 0 Å². The SMILES string of the molecule is CC1CCCc2c(-c3ccc(Cl)cc3)c(C#N)c(=O)n(Cc3ccccc3)c21. The van der Waals surface area contributed by atoms with Crippen LogP contribution in [0.25, 0.3) is 11.1 Å². The van der Waals surface area contributed by atoms with Gasteiger partial charge in [0, 0.05) is 16.3 Å². The third-order valence-corrected chi connectivity index (χ3v) is 5.82. The van der Waals surface area contributed by atoms with E-state index in [0.717, 1.165) is 47.2 Å². The molecule has 1 heterocycles. The molecule has 0 bridgehead atoms. The van der Waals surface area contributed by atoms with Crippen molar-refractivity contribution in [3.05, 3.63) is 92.4 Å². The molecule has 28 heavy (non-hydrogen) atoms. The van der Waals surface area contributed by atoms with Crippen LogP contribution in [0.5, 0.6) is 0 Å². The fraction of sp³-hybridized carbons (Fsp3) is 0.250. The number of fused-ring (bicyclic) bond motifs is 1. The third-order valence-electron chi connectivity index (χ3n) is 5.57. The minimum atomic E-state index is -0.205. The number of pyridine rings is 1. The molecule has 0 saturated heterocycles. The lowest BCUT2D eigenvalue weighted by Crippen LogP contribution is -2.31. The van der Waals surface area contributed by atoms with Gasteiger partial charge in [0.1, 0.15) is 11.6 Å². The predicted octanol–water partition coefficient (Wildman–Crippen LogP) is 5.53. The van der Waals surface area contributed by atoms with Gasteiger partial charge in [-0.05, 0) is 54.0 Å². The van der Waals surface area contributed by atoms with Gasteiger partial charge in [-0.15, -0.1) is 0 Å². The normalized spacial score (nSPS) is 15.7. The molecule has 3 aromatic rings. The molecule has 0 spiro atoms. The van der Waals surface area contributed by atoms with Crippen molar-refractivity contribution in [2.24, 2.45) is 0 Å². The summed E-state index contributed by atoms with van der Waals surface area (Å²) in [6.07, 6.45) is 2.98. The first-order valence-electron chi connectivity index (χ1n) is 9.59. The third kappa shape index (κ3) is 3.25. The van der Waals surface area contributed by atoms with Gasteiger partial charge < -0.3 is 4.57 Å². The lowest BCUT2D eigenvalue weighted by molar-refractivity contribution is 0.528. The van der Waals surface area contributed by atoms with Gasteiger partial charge in [-0.25, -0.2) is 0 Å². The molecule has 2 aromatic carbocycles. The molecule has 1 aliphatic carbocycles. The maximum Gasteiger partial charge on any atom is 0.269 e. The number of hydrogen-bond acceptors (Lipinski definition) is 2. The summed E-state index contributed by atoms with van der Waals surface area (Å²) < 4.78 is 1.83. The lowest BCUT2D eigenvalue weighted by Gasteiger charge is -2.29. The van der Waals surface area contributed by atoms with Crippen LogP contribution in [0.3, 0.4) is 0 Å². The zero-order chi connectivity index (χ0) is 19.7. The summed E-state index contributed by atoms with van der Waals surface area (Å²) in [5, 5.41) is 10.5. The minimum Gasteiger partial charge on any atom is -0.307 e. The summed E-state index contributed by atoms with van der Waals surface area (Å²) >= 11 is 6.06.